The van der Waals surface area contributed by atoms with Gasteiger partial charge in [0, 0.05) is 13.2 Å². The molecule has 2 rings (SSSR count). The van der Waals surface area contributed by atoms with Crippen LogP contribution >= 0.6 is 0 Å². The Morgan fingerprint density at radius 1 is 1.38 bits per heavy atom. The first-order chi connectivity index (χ1) is 7.90. The van der Waals surface area contributed by atoms with Gasteiger partial charge in [0.25, 0.3) is 0 Å². The Morgan fingerprint density at radius 2 is 2.19 bits per heavy atom. The molecule has 0 radical (unpaired) electrons. The third-order valence-corrected chi connectivity index (χ3v) is 2.95. The molecule has 1 amide bonds. The molecule has 1 aliphatic rings. The Labute approximate surface area is 96.0 Å². The second-order valence-corrected chi connectivity index (χ2v) is 4.13. The molecule has 0 bridgehead atoms. The maximum atomic E-state index is 11.1. The monoisotopic (exact) mass is 219 g/mol. The highest BCUT2D eigenvalue weighted by molar-refractivity contribution is 5.48. The zero-order valence-electron chi connectivity index (χ0n) is 9.34. The Hall–Kier alpha value is -1.35. The van der Waals surface area contributed by atoms with E-state index < -0.39 is 0 Å². The highest BCUT2D eigenvalue weighted by Crippen LogP contribution is 2.14. The molecule has 1 aliphatic heterocycles. The van der Waals surface area contributed by atoms with Crippen molar-refractivity contribution in [2.24, 2.45) is 0 Å². The van der Waals surface area contributed by atoms with E-state index in [0.29, 0.717) is 13.2 Å². The van der Waals surface area contributed by atoms with Crippen LogP contribution in [0.3, 0.4) is 0 Å². The van der Waals surface area contributed by atoms with E-state index in [-0.39, 0.29) is 6.04 Å². The van der Waals surface area contributed by atoms with Gasteiger partial charge in [-0.05, 0) is 18.4 Å². The molecule has 1 aromatic carbocycles. The largest absolute Gasteiger partial charge is 0.379 e. The van der Waals surface area contributed by atoms with Crippen LogP contribution in [-0.4, -0.2) is 30.6 Å². The Balaban J connectivity index is 1.97. The first kappa shape index (κ1) is 11.1. The number of hydrogen-bond donors (Lipinski definition) is 0. The third-order valence-electron chi connectivity index (χ3n) is 2.95. The van der Waals surface area contributed by atoms with E-state index in [1.165, 1.54) is 5.56 Å². The number of nitrogens with zero attached hydrogens (tertiary/aromatic N) is 1. The number of carbonyl (C=O) groups is 1. The van der Waals surface area contributed by atoms with Crippen LogP contribution in [0, 0.1) is 0 Å². The number of carbonyl (C=O) groups excluding carboxylic acids is 1. The van der Waals surface area contributed by atoms with Crippen molar-refractivity contribution in [3.8, 4) is 0 Å². The van der Waals surface area contributed by atoms with Crippen molar-refractivity contribution in [1.29, 1.82) is 0 Å². The van der Waals surface area contributed by atoms with Crippen LogP contribution in [0.15, 0.2) is 30.3 Å². The van der Waals surface area contributed by atoms with Crippen LogP contribution in [0.4, 0.5) is 0 Å². The predicted octanol–water partition coefficient (Wildman–Crippen LogP) is 1.82. The molecule has 0 saturated carbocycles. The van der Waals surface area contributed by atoms with Gasteiger partial charge in [-0.15, -0.1) is 0 Å². The smallest absolute Gasteiger partial charge is 0.210 e. The van der Waals surface area contributed by atoms with Gasteiger partial charge in [-0.1, -0.05) is 30.3 Å². The number of amides is 1. The molecule has 86 valence electrons. The van der Waals surface area contributed by atoms with Crippen molar-refractivity contribution in [3.05, 3.63) is 35.9 Å². The standard InChI is InChI=1S/C13H17NO2/c15-11-14(13-7-4-8-16-10-13)9-12-5-2-1-3-6-12/h1-3,5-6,11,13H,4,7-10H2. The van der Waals surface area contributed by atoms with Crippen molar-refractivity contribution < 1.29 is 9.53 Å². The molecule has 1 atom stereocenters. The number of benzene rings is 1. The molecule has 1 saturated heterocycles. The minimum Gasteiger partial charge on any atom is -0.379 e. The van der Waals surface area contributed by atoms with Crippen LogP contribution in [0.5, 0.6) is 0 Å². The fraction of sp³-hybridized carbons (Fsp3) is 0.462. The summed E-state index contributed by atoms with van der Waals surface area (Å²) in [7, 11) is 0. The molecule has 0 spiro atoms. The van der Waals surface area contributed by atoms with E-state index in [1.54, 1.807) is 0 Å². The van der Waals surface area contributed by atoms with Gasteiger partial charge in [0.05, 0.1) is 12.6 Å². The number of hydrogen-bond acceptors (Lipinski definition) is 2. The summed E-state index contributed by atoms with van der Waals surface area (Å²) in [4.78, 5) is 12.9. The van der Waals surface area contributed by atoms with Crippen LogP contribution in [0.2, 0.25) is 0 Å². The van der Waals surface area contributed by atoms with Crippen molar-refractivity contribution >= 4 is 6.41 Å². The Kier molecular flexibility index (Phi) is 3.94. The van der Waals surface area contributed by atoms with E-state index in [9.17, 15) is 4.79 Å². The quantitative estimate of drug-likeness (QED) is 0.723. The van der Waals surface area contributed by atoms with E-state index in [1.807, 2.05) is 35.2 Å². The first-order valence-corrected chi connectivity index (χ1v) is 5.73. The molecular formula is C13H17NO2. The second kappa shape index (κ2) is 5.66. The number of rotatable bonds is 4. The molecule has 1 fully saturated rings. The van der Waals surface area contributed by atoms with Gasteiger partial charge in [0.15, 0.2) is 0 Å². The van der Waals surface area contributed by atoms with E-state index in [4.69, 9.17) is 4.74 Å². The first-order valence-electron chi connectivity index (χ1n) is 5.73. The van der Waals surface area contributed by atoms with Gasteiger partial charge in [-0.2, -0.15) is 0 Å². The van der Waals surface area contributed by atoms with E-state index in [0.717, 1.165) is 25.9 Å². The molecule has 1 heterocycles. The molecule has 1 aromatic rings. The summed E-state index contributed by atoms with van der Waals surface area (Å²) in [6.45, 7) is 2.18. The molecule has 3 heteroatoms. The fourth-order valence-corrected chi connectivity index (χ4v) is 2.03. The summed E-state index contributed by atoms with van der Waals surface area (Å²) in [6.07, 6.45) is 3.03. The van der Waals surface area contributed by atoms with Crippen molar-refractivity contribution in [3.63, 3.8) is 0 Å². The number of ether oxygens (including phenoxy) is 1. The highest BCUT2D eigenvalue weighted by Gasteiger charge is 2.20. The summed E-state index contributed by atoms with van der Waals surface area (Å²) in [5, 5.41) is 0. The molecule has 0 aromatic heterocycles. The summed E-state index contributed by atoms with van der Waals surface area (Å²) in [5.41, 5.74) is 1.17. The summed E-state index contributed by atoms with van der Waals surface area (Å²) in [5.74, 6) is 0. The van der Waals surface area contributed by atoms with Crippen LogP contribution in [0.1, 0.15) is 18.4 Å². The highest BCUT2D eigenvalue weighted by atomic mass is 16.5. The average molecular weight is 219 g/mol. The van der Waals surface area contributed by atoms with Gasteiger partial charge < -0.3 is 9.64 Å². The summed E-state index contributed by atoms with van der Waals surface area (Å²) in [6, 6.07) is 10.3. The second-order valence-electron chi connectivity index (χ2n) is 4.13. The summed E-state index contributed by atoms with van der Waals surface area (Å²) >= 11 is 0. The maximum Gasteiger partial charge on any atom is 0.210 e. The lowest BCUT2D eigenvalue weighted by Gasteiger charge is -2.31. The van der Waals surface area contributed by atoms with Crippen molar-refractivity contribution in [2.75, 3.05) is 13.2 Å². The van der Waals surface area contributed by atoms with Crippen LogP contribution in [-0.2, 0) is 16.1 Å². The lowest BCUT2D eigenvalue weighted by atomic mass is 10.1. The lowest BCUT2D eigenvalue weighted by Crippen LogP contribution is -2.39. The van der Waals surface area contributed by atoms with Crippen LogP contribution < -0.4 is 0 Å². The molecule has 0 aliphatic carbocycles. The van der Waals surface area contributed by atoms with Crippen molar-refractivity contribution in [1.82, 2.24) is 4.90 Å². The topological polar surface area (TPSA) is 29.5 Å². The Morgan fingerprint density at radius 3 is 2.81 bits per heavy atom. The molecule has 3 nitrogen and oxygen atoms in total. The minimum atomic E-state index is 0.242. The van der Waals surface area contributed by atoms with Gasteiger partial charge in [0.1, 0.15) is 0 Å². The van der Waals surface area contributed by atoms with Gasteiger partial charge in [-0.3, -0.25) is 4.79 Å². The average Bonchev–Trinajstić information content (AvgIpc) is 2.38. The molecule has 16 heavy (non-hydrogen) atoms. The zero-order valence-corrected chi connectivity index (χ0v) is 9.34. The Bertz CT molecular complexity index is 320. The van der Waals surface area contributed by atoms with E-state index >= 15 is 0 Å². The zero-order chi connectivity index (χ0) is 11.2. The third kappa shape index (κ3) is 2.83. The SMILES string of the molecule is O=CN(Cc1ccccc1)C1CCCOC1. The fourth-order valence-electron chi connectivity index (χ4n) is 2.03. The van der Waals surface area contributed by atoms with Crippen LogP contribution in [0.25, 0.3) is 0 Å². The maximum absolute atomic E-state index is 11.1. The van der Waals surface area contributed by atoms with Crippen molar-refractivity contribution in [2.45, 2.75) is 25.4 Å². The summed E-state index contributed by atoms with van der Waals surface area (Å²) < 4.78 is 5.40. The van der Waals surface area contributed by atoms with E-state index in [2.05, 4.69) is 0 Å². The lowest BCUT2D eigenvalue weighted by molar-refractivity contribution is -0.123. The predicted molar refractivity (Wildman–Crippen MR) is 61.9 cm³/mol. The van der Waals surface area contributed by atoms with Gasteiger partial charge >= 0.3 is 0 Å². The normalized spacial score (nSPS) is 20.4. The molecular weight excluding hydrogens is 202 g/mol. The molecule has 1 unspecified atom stereocenters. The van der Waals surface area contributed by atoms with Gasteiger partial charge in [-0.25, -0.2) is 0 Å². The minimum absolute atomic E-state index is 0.242. The van der Waals surface area contributed by atoms with Gasteiger partial charge in [0.2, 0.25) is 6.41 Å². The molecule has 0 N–H and O–H groups in total.